The van der Waals surface area contributed by atoms with Crippen LogP contribution in [0.1, 0.15) is 40.0 Å². The molecule has 0 aromatic heterocycles. The van der Waals surface area contributed by atoms with Gasteiger partial charge in [-0.25, -0.2) is 0 Å². The number of nitrogens with one attached hydrogen (secondary N) is 1. The molecule has 1 N–H and O–H groups in total. The maximum Gasteiger partial charge on any atom is 0.246 e. The first-order valence-corrected chi connectivity index (χ1v) is 7.27. The van der Waals surface area contributed by atoms with Crippen molar-refractivity contribution in [3.63, 3.8) is 0 Å². The third-order valence-corrected chi connectivity index (χ3v) is 4.71. The summed E-state index contributed by atoms with van der Waals surface area (Å²) in [6, 6.07) is -0.674. The summed E-state index contributed by atoms with van der Waals surface area (Å²) >= 11 is 0. The van der Waals surface area contributed by atoms with Crippen LogP contribution in [-0.2, 0) is 14.3 Å². The fourth-order valence-corrected chi connectivity index (χ4v) is 3.62. The SMILES string of the molecule is CC(C)C1NC(=O)C(C)N(C2CC3CCC2O3)C1=O. The number of carbonyl (C=O) groups is 2. The fraction of sp³-hybridized carbons (Fsp3) is 0.857. The molecule has 0 radical (unpaired) electrons. The van der Waals surface area contributed by atoms with Gasteiger partial charge in [0.05, 0.1) is 18.2 Å². The molecule has 2 bridgehead atoms. The topological polar surface area (TPSA) is 58.6 Å². The van der Waals surface area contributed by atoms with E-state index in [1.807, 2.05) is 20.8 Å². The van der Waals surface area contributed by atoms with Crippen molar-refractivity contribution in [2.75, 3.05) is 0 Å². The van der Waals surface area contributed by atoms with Crippen LogP contribution in [0.3, 0.4) is 0 Å². The molecule has 3 aliphatic heterocycles. The summed E-state index contributed by atoms with van der Waals surface area (Å²) in [6.07, 6.45) is 3.42. The van der Waals surface area contributed by atoms with Crippen LogP contribution >= 0.6 is 0 Å². The Morgan fingerprint density at radius 2 is 2.05 bits per heavy atom. The van der Waals surface area contributed by atoms with E-state index >= 15 is 0 Å². The molecule has 3 fully saturated rings. The lowest BCUT2D eigenvalue weighted by molar-refractivity contribution is -0.154. The van der Waals surface area contributed by atoms with E-state index in [2.05, 4.69) is 5.32 Å². The van der Waals surface area contributed by atoms with Gasteiger partial charge in [-0.2, -0.15) is 0 Å². The van der Waals surface area contributed by atoms with E-state index in [9.17, 15) is 9.59 Å². The lowest BCUT2D eigenvalue weighted by Crippen LogP contribution is -2.67. The second kappa shape index (κ2) is 4.47. The van der Waals surface area contributed by atoms with Gasteiger partial charge in [-0.05, 0) is 32.1 Å². The van der Waals surface area contributed by atoms with Crippen molar-refractivity contribution in [2.45, 2.75) is 70.4 Å². The van der Waals surface area contributed by atoms with Gasteiger partial charge in [0.15, 0.2) is 0 Å². The zero-order valence-electron chi connectivity index (χ0n) is 11.8. The molecule has 0 spiro atoms. The molecule has 0 aromatic rings. The van der Waals surface area contributed by atoms with Crippen molar-refractivity contribution in [2.24, 2.45) is 5.92 Å². The first-order chi connectivity index (χ1) is 8.99. The Hall–Kier alpha value is -1.10. The predicted octanol–water partition coefficient (Wildman–Crippen LogP) is 0.678. The zero-order chi connectivity index (χ0) is 13.7. The molecule has 3 saturated heterocycles. The molecule has 3 aliphatic rings. The lowest BCUT2D eigenvalue weighted by atomic mass is 9.90. The van der Waals surface area contributed by atoms with Crippen LogP contribution in [0, 0.1) is 5.92 Å². The number of hydrogen-bond donors (Lipinski definition) is 1. The molecule has 3 rings (SSSR count). The van der Waals surface area contributed by atoms with E-state index in [-0.39, 0.29) is 48.1 Å². The van der Waals surface area contributed by atoms with Crippen molar-refractivity contribution in [3.8, 4) is 0 Å². The third-order valence-electron chi connectivity index (χ3n) is 4.71. The Morgan fingerprint density at radius 1 is 1.32 bits per heavy atom. The van der Waals surface area contributed by atoms with E-state index in [1.54, 1.807) is 4.90 Å². The van der Waals surface area contributed by atoms with Gasteiger partial charge in [-0.1, -0.05) is 13.8 Å². The molecule has 5 atom stereocenters. The van der Waals surface area contributed by atoms with Crippen LogP contribution in [0.5, 0.6) is 0 Å². The molecular formula is C14H22N2O3. The molecule has 5 unspecified atom stereocenters. The molecule has 0 aromatic carbocycles. The van der Waals surface area contributed by atoms with E-state index in [0.717, 1.165) is 19.3 Å². The summed E-state index contributed by atoms with van der Waals surface area (Å²) in [4.78, 5) is 26.5. The molecule has 0 saturated carbocycles. The fourth-order valence-electron chi connectivity index (χ4n) is 3.62. The standard InChI is InChI=1S/C14H22N2O3/c1-7(2)12-14(18)16(8(3)13(17)15-12)10-6-9-4-5-11(10)19-9/h7-12H,4-6H2,1-3H3,(H,15,17). The minimum Gasteiger partial charge on any atom is -0.373 e. The van der Waals surface area contributed by atoms with Crippen LogP contribution < -0.4 is 5.32 Å². The number of ether oxygens (including phenoxy) is 1. The molecule has 5 nitrogen and oxygen atoms in total. The highest BCUT2D eigenvalue weighted by Crippen LogP contribution is 2.38. The van der Waals surface area contributed by atoms with Crippen molar-refractivity contribution >= 4 is 11.8 Å². The van der Waals surface area contributed by atoms with E-state index in [4.69, 9.17) is 4.74 Å². The monoisotopic (exact) mass is 266 g/mol. The smallest absolute Gasteiger partial charge is 0.246 e. The van der Waals surface area contributed by atoms with Crippen LogP contribution in [0.15, 0.2) is 0 Å². The average Bonchev–Trinajstić information content (AvgIpc) is 2.96. The highest BCUT2D eigenvalue weighted by atomic mass is 16.5. The summed E-state index contributed by atoms with van der Waals surface area (Å²) in [5.41, 5.74) is 0. The highest BCUT2D eigenvalue weighted by molar-refractivity contribution is 5.97. The lowest BCUT2D eigenvalue weighted by Gasteiger charge is -2.43. The molecule has 3 heterocycles. The van der Waals surface area contributed by atoms with Crippen LogP contribution in [0.2, 0.25) is 0 Å². The molecule has 5 heteroatoms. The van der Waals surface area contributed by atoms with Gasteiger partial charge < -0.3 is 15.0 Å². The largest absolute Gasteiger partial charge is 0.373 e. The minimum atomic E-state index is -0.386. The van der Waals surface area contributed by atoms with Crippen LogP contribution in [0.4, 0.5) is 0 Å². The van der Waals surface area contributed by atoms with Crippen LogP contribution in [-0.4, -0.2) is 47.0 Å². The molecule has 106 valence electrons. The predicted molar refractivity (Wildman–Crippen MR) is 69.4 cm³/mol. The average molecular weight is 266 g/mol. The minimum absolute atomic E-state index is 0.0407. The van der Waals surface area contributed by atoms with Gasteiger partial charge in [0.1, 0.15) is 12.1 Å². The summed E-state index contributed by atoms with van der Waals surface area (Å²) < 4.78 is 5.84. The van der Waals surface area contributed by atoms with E-state index < -0.39 is 0 Å². The quantitative estimate of drug-likeness (QED) is 0.799. The Bertz CT molecular complexity index is 409. The number of rotatable bonds is 2. The Balaban J connectivity index is 1.85. The number of nitrogens with zero attached hydrogens (tertiary/aromatic N) is 1. The van der Waals surface area contributed by atoms with Gasteiger partial charge in [-0.3, -0.25) is 9.59 Å². The molecular weight excluding hydrogens is 244 g/mol. The first-order valence-electron chi connectivity index (χ1n) is 7.27. The zero-order valence-corrected chi connectivity index (χ0v) is 11.8. The summed E-state index contributed by atoms with van der Waals surface area (Å²) in [6.45, 7) is 5.75. The molecule has 19 heavy (non-hydrogen) atoms. The number of piperazine rings is 1. The number of hydrogen-bond acceptors (Lipinski definition) is 3. The van der Waals surface area contributed by atoms with Gasteiger partial charge in [-0.15, -0.1) is 0 Å². The van der Waals surface area contributed by atoms with Gasteiger partial charge in [0.2, 0.25) is 11.8 Å². The maximum atomic E-state index is 12.6. The molecule has 0 aliphatic carbocycles. The third kappa shape index (κ3) is 1.95. The van der Waals surface area contributed by atoms with Crippen molar-refractivity contribution in [1.29, 1.82) is 0 Å². The Kier molecular flexibility index (Phi) is 3.04. The van der Waals surface area contributed by atoms with Crippen LogP contribution in [0.25, 0.3) is 0 Å². The number of amides is 2. The van der Waals surface area contributed by atoms with Crippen molar-refractivity contribution in [1.82, 2.24) is 10.2 Å². The van der Waals surface area contributed by atoms with Gasteiger partial charge in [0.25, 0.3) is 0 Å². The maximum absolute atomic E-state index is 12.6. The van der Waals surface area contributed by atoms with E-state index in [0.29, 0.717) is 0 Å². The summed E-state index contributed by atoms with van der Waals surface area (Å²) in [5, 5.41) is 2.84. The second-order valence-electron chi connectivity index (χ2n) is 6.33. The van der Waals surface area contributed by atoms with Crippen molar-refractivity contribution < 1.29 is 14.3 Å². The Morgan fingerprint density at radius 3 is 2.58 bits per heavy atom. The summed E-state index contributed by atoms with van der Waals surface area (Å²) in [5.74, 6) is 0.135. The second-order valence-corrected chi connectivity index (χ2v) is 6.33. The highest BCUT2D eigenvalue weighted by Gasteiger charge is 2.50. The summed E-state index contributed by atoms with van der Waals surface area (Å²) in [7, 11) is 0. The normalized spacial score (nSPS) is 42.1. The van der Waals surface area contributed by atoms with Crippen molar-refractivity contribution in [3.05, 3.63) is 0 Å². The Labute approximate surface area is 113 Å². The van der Waals surface area contributed by atoms with Gasteiger partial charge in [0, 0.05) is 0 Å². The molecule has 2 amide bonds. The number of carbonyl (C=O) groups excluding carboxylic acids is 2. The first kappa shape index (κ1) is 12.9. The number of fused-ring (bicyclic) bond motifs is 2. The van der Waals surface area contributed by atoms with E-state index in [1.165, 1.54) is 0 Å². The van der Waals surface area contributed by atoms with Gasteiger partial charge >= 0.3 is 0 Å².